The third-order valence-electron chi connectivity index (χ3n) is 2.18. The predicted octanol–water partition coefficient (Wildman–Crippen LogP) is 2.24. The molecule has 0 bridgehead atoms. The minimum absolute atomic E-state index is 0.0742. The van der Waals surface area contributed by atoms with Crippen molar-refractivity contribution in [2.24, 2.45) is 5.73 Å². The SMILES string of the molecule is CCOC(=O)Cc1cc(C(F)F)nc(CN)c1Cl. The minimum Gasteiger partial charge on any atom is -0.466 e. The Kier molecular flexibility index (Phi) is 5.43. The summed E-state index contributed by atoms with van der Waals surface area (Å²) >= 11 is 5.93. The number of rotatable bonds is 5. The zero-order valence-corrected chi connectivity index (χ0v) is 10.5. The topological polar surface area (TPSA) is 65.2 Å². The average Bonchev–Trinajstić information content (AvgIpc) is 2.31. The van der Waals surface area contributed by atoms with E-state index in [2.05, 4.69) is 4.98 Å². The van der Waals surface area contributed by atoms with Crippen LogP contribution in [-0.4, -0.2) is 17.6 Å². The maximum Gasteiger partial charge on any atom is 0.310 e. The van der Waals surface area contributed by atoms with Gasteiger partial charge >= 0.3 is 5.97 Å². The van der Waals surface area contributed by atoms with E-state index in [9.17, 15) is 13.6 Å². The van der Waals surface area contributed by atoms with Gasteiger partial charge in [-0.2, -0.15) is 0 Å². The highest BCUT2D eigenvalue weighted by atomic mass is 35.5. The van der Waals surface area contributed by atoms with E-state index in [4.69, 9.17) is 22.1 Å². The molecule has 0 aromatic carbocycles. The first-order chi connectivity index (χ1) is 8.49. The smallest absolute Gasteiger partial charge is 0.310 e. The van der Waals surface area contributed by atoms with Crippen molar-refractivity contribution < 1.29 is 18.3 Å². The number of hydrogen-bond acceptors (Lipinski definition) is 4. The van der Waals surface area contributed by atoms with Crippen molar-refractivity contribution in [3.05, 3.63) is 28.0 Å². The number of hydrogen-bond donors (Lipinski definition) is 1. The number of alkyl halides is 2. The van der Waals surface area contributed by atoms with Crippen LogP contribution in [0.3, 0.4) is 0 Å². The van der Waals surface area contributed by atoms with Gasteiger partial charge in [-0.05, 0) is 18.6 Å². The summed E-state index contributed by atoms with van der Waals surface area (Å²) in [5.74, 6) is -0.534. The fourth-order valence-electron chi connectivity index (χ4n) is 1.41. The Labute approximate surface area is 108 Å². The number of esters is 1. The van der Waals surface area contributed by atoms with Crippen LogP contribution < -0.4 is 5.73 Å². The zero-order valence-electron chi connectivity index (χ0n) is 9.75. The number of halogens is 3. The average molecular weight is 279 g/mol. The van der Waals surface area contributed by atoms with Crippen molar-refractivity contribution in [2.75, 3.05) is 6.61 Å². The molecule has 0 saturated carbocycles. The molecule has 0 atom stereocenters. The highest BCUT2D eigenvalue weighted by Gasteiger charge is 2.17. The van der Waals surface area contributed by atoms with Crippen molar-refractivity contribution in [1.82, 2.24) is 4.98 Å². The normalized spacial score (nSPS) is 10.8. The Balaban J connectivity index is 3.08. The second-order valence-corrected chi connectivity index (χ2v) is 3.83. The van der Waals surface area contributed by atoms with Gasteiger partial charge in [0.2, 0.25) is 0 Å². The Bertz CT molecular complexity index is 441. The molecule has 0 aliphatic rings. The zero-order chi connectivity index (χ0) is 13.7. The van der Waals surface area contributed by atoms with Gasteiger partial charge in [-0.1, -0.05) is 11.6 Å². The number of nitrogens with two attached hydrogens (primary N) is 1. The number of aromatic nitrogens is 1. The van der Waals surface area contributed by atoms with Gasteiger partial charge in [0, 0.05) is 6.54 Å². The van der Waals surface area contributed by atoms with Crippen molar-refractivity contribution in [3.8, 4) is 0 Å². The summed E-state index contributed by atoms with van der Waals surface area (Å²) < 4.78 is 30.0. The first-order valence-electron chi connectivity index (χ1n) is 5.31. The molecule has 0 unspecified atom stereocenters. The Morgan fingerprint density at radius 3 is 2.78 bits per heavy atom. The van der Waals surface area contributed by atoms with Gasteiger partial charge in [0.25, 0.3) is 6.43 Å². The fourth-order valence-corrected chi connectivity index (χ4v) is 1.65. The first-order valence-corrected chi connectivity index (χ1v) is 5.69. The minimum atomic E-state index is -2.74. The monoisotopic (exact) mass is 278 g/mol. The van der Waals surface area contributed by atoms with Gasteiger partial charge in [0.1, 0.15) is 5.69 Å². The van der Waals surface area contributed by atoms with Gasteiger partial charge in [-0.3, -0.25) is 4.79 Å². The van der Waals surface area contributed by atoms with E-state index in [1.54, 1.807) is 6.92 Å². The number of carbonyl (C=O) groups is 1. The molecular weight excluding hydrogens is 266 g/mol. The van der Waals surface area contributed by atoms with E-state index in [1.165, 1.54) is 0 Å². The number of nitrogens with zero attached hydrogens (tertiary/aromatic N) is 1. The molecule has 0 radical (unpaired) electrons. The maximum absolute atomic E-state index is 12.6. The van der Waals surface area contributed by atoms with E-state index in [0.29, 0.717) is 0 Å². The van der Waals surface area contributed by atoms with Crippen molar-refractivity contribution in [3.63, 3.8) is 0 Å². The van der Waals surface area contributed by atoms with Gasteiger partial charge in [-0.15, -0.1) is 0 Å². The molecule has 7 heteroatoms. The highest BCUT2D eigenvalue weighted by molar-refractivity contribution is 6.32. The summed E-state index contributed by atoms with van der Waals surface area (Å²) in [5, 5.41) is 0.134. The molecule has 18 heavy (non-hydrogen) atoms. The third-order valence-corrected chi connectivity index (χ3v) is 2.64. The highest BCUT2D eigenvalue weighted by Crippen LogP contribution is 2.26. The molecule has 0 amide bonds. The lowest BCUT2D eigenvalue weighted by Gasteiger charge is -2.10. The van der Waals surface area contributed by atoms with Crippen molar-refractivity contribution in [2.45, 2.75) is 26.3 Å². The molecule has 1 rings (SSSR count). The summed E-state index contributed by atoms with van der Waals surface area (Å²) in [6.45, 7) is 1.80. The van der Waals surface area contributed by atoms with Crippen LogP contribution >= 0.6 is 11.6 Å². The summed E-state index contributed by atoms with van der Waals surface area (Å²) in [7, 11) is 0. The lowest BCUT2D eigenvalue weighted by atomic mass is 10.1. The Morgan fingerprint density at radius 2 is 2.28 bits per heavy atom. The Morgan fingerprint density at radius 1 is 1.61 bits per heavy atom. The quantitative estimate of drug-likeness (QED) is 0.839. The molecule has 1 aromatic rings. The lowest BCUT2D eigenvalue weighted by Crippen LogP contribution is -2.11. The van der Waals surface area contributed by atoms with E-state index in [-0.39, 0.29) is 35.9 Å². The number of pyridine rings is 1. The molecule has 0 aliphatic carbocycles. The van der Waals surface area contributed by atoms with Crippen LogP contribution in [-0.2, 0) is 22.5 Å². The summed E-state index contributed by atoms with van der Waals surface area (Å²) in [6, 6.07) is 1.10. The maximum atomic E-state index is 12.6. The number of carbonyl (C=O) groups excluding carboxylic acids is 1. The number of ether oxygens (including phenoxy) is 1. The van der Waals surface area contributed by atoms with Crippen LogP contribution in [0.2, 0.25) is 5.02 Å². The van der Waals surface area contributed by atoms with Gasteiger partial charge in [0.05, 0.1) is 23.7 Å². The van der Waals surface area contributed by atoms with Crippen molar-refractivity contribution in [1.29, 1.82) is 0 Å². The second-order valence-electron chi connectivity index (χ2n) is 3.45. The predicted molar refractivity (Wildman–Crippen MR) is 62.4 cm³/mol. The summed E-state index contributed by atoms with van der Waals surface area (Å²) in [6.07, 6.45) is -2.92. The Hall–Kier alpha value is -1.27. The van der Waals surface area contributed by atoms with Gasteiger partial charge < -0.3 is 10.5 Å². The molecule has 2 N–H and O–H groups in total. The van der Waals surface area contributed by atoms with Crippen LogP contribution in [0.15, 0.2) is 6.07 Å². The van der Waals surface area contributed by atoms with Crippen LogP contribution in [0.1, 0.15) is 30.3 Å². The van der Waals surface area contributed by atoms with Gasteiger partial charge in [0.15, 0.2) is 0 Å². The van der Waals surface area contributed by atoms with Gasteiger partial charge in [-0.25, -0.2) is 13.8 Å². The van der Waals surface area contributed by atoms with E-state index in [1.807, 2.05) is 0 Å². The molecule has 1 heterocycles. The lowest BCUT2D eigenvalue weighted by molar-refractivity contribution is -0.142. The molecule has 4 nitrogen and oxygen atoms in total. The molecule has 0 fully saturated rings. The van der Waals surface area contributed by atoms with Crippen LogP contribution in [0.4, 0.5) is 8.78 Å². The third kappa shape index (κ3) is 3.61. The summed E-state index contributed by atoms with van der Waals surface area (Å²) in [4.78, 5) is 15.0. The molecule has 100 valence electrons. The molecule has 0 saturated heterocycles. The molecule has 0 aliphatic heterocycles. The fraction of sp³-hybridized carbons (Fsp3) is 0.455. The van der Waals surface area contributed by atoms with Crippen LogP contribution in [0, 0.1) is 0 Å². The summed E-state index contributed by atoms with van der Waals surface area (Å²) in [5.41, 5.74) is 5.32. The molecule has 1 aromatic heterocycles. The standard InChI is InChI=1S/C11H13ClF2N2O2/c1-2-18-9(17)4-6-3-7(11(13)14)16-8(5-15)10(6)12/h3,11H,2,4-5,15H2,1H3. The molecular formula is C11H13ClF2N2O2. The second kappa shape index (κ2) is 6.61. The van der Waals surface area contributed by atoms with E-state index < -0.39 is 18.1 Å². The van der Waals surface area contributed by atoms with E-state index in [0.717, 1.165) is 6.07 Å². The van der Waals surface area contributed by atoms with Crippen LogP contribution in [0.5, 0.6) is 0 Å². The molecule has 0 spiro atoms. The van der Waals surface area contributed by atoms with Crippen LogP contribution in [0.25, 0.3) is 0 Å². The first kappa shape index (κ1) is 14.8. The van der Waals surface area contributed by atoms with Crippen molar-refractivity contribution >= 4 is 17.6 Å². The largest absolute Gasteiger partial charge is 0.466 e. The van der Waals surface area contributed by atoms with E-state index >= 15 is 0 Å².